The molecule has 2 unspecified atom stereocenters. The molecule has 0 fully saturated rings. The zero-order valence-electron chi connectivity index (χ0n) is 33.1. The monoisotopic (exact) mass is 768 g/mol. The van der Waals surface area contributed by atoms with Gasteiger partial charge in [0.25, 0.3) is 0 Å². The number of hydrogen-bond donors (Lipinski definition) is 2. The van der Waals surface area contributed by atoms with Crippen LogP contribution in [0.3, 0.4) is 0 Å². The number of carbonyl (C=O) groups excluding carboxylic acids is 2. The van der Waals surface area contributed by atoms with Gasteiger partial charge in [-0.1, -0.05) is 24.3 Å². The zero-order chi connectivity index (χ0) is 39.2. The van der Waals surface area contributed by atoms with Crippen LogP contribution < -0.4 is 20.4 Å². The third kappa shape index (κ3) is 12.2. The standard InChI is InChI=1S/C36H62N6O8P2/c1-13-47-51(45,48-14-2)33(29-17-21-31(22-18-29)39(9)10)41(35(43)37-27(5)6)25-26-42(36(44)38-28(7)8)34(52(46,49-15-3)50-16-4)30-19-23-32(24-20-30)40(11)12/h17-24,27-28,33-34H,13-16,25-26H2,1-12H3,(H,37,43)(H,38,44). The van der Waals surface area contributed by atoms with E-state index in [1.54, 1.807) is 52.0 Å². The molecule has 14 nitrogen and oxygen atoms in total. The average Bonchev–Trinajstić information content (AvgIpc) is 3.05. The van der Waals surface area contributed by atoms with Crippen molar-refractivity contribution < 1.29 is 36.8 Å². The second-order valence-electron chi connectivity index (χ2n) is 13.1. The van der Waals surface area contributed by atoms with Crippen molar-refractivity contribution >= 4 is 38.6 Å². The highest BCUT2D eigenvalue weighted by molar-refractivity contribution is 7.54. The molecule has 0 saturated carbocycles. The van der Waals surface area contributed by atoms with E-state index in [9.17, 15) is 18.7 Å². The Morgan fingerprint density at radius 1 is 0.558 bits per heavy atom. The van der Waals surface area contributed by atoms with Crippen LogP contribution in [0.2, 0.25) is 0 Å². The van der Waals surface area contributed by atoms with E-state index in [4.69, 9.17) is 18.1 Å². The molecule has 2 N–H and O–H groups in total. The van der Waals surface area contributed by atoms with Gasteiger partial charge in [0.2, 0.25) is 0 Å². The third-order valence-corrected chi connectivity index (χ3v) is 12.6. The Labute approximate surface area is 311 Å². The van der Waals surface area contributed by atoms with Gasteiger partial charge in [-0.3, -0.25) is 9.13 Å². The summed E-state index contributed by atoms with van der Waals surface area (Å²) < 4.78 is 53.2. The predicted octanol–water partition coefficient (Wildman–Crippen LogP) is 7.89. The van der Waals surface area contributed by atoms with Crippen molar-refractivity contribution in [3.63, 3.8) is 0 Å². The van der Waals surface area contributed by atoms with Gasteiger partial charge in [0.1, 0.15) is 0 Å². The zero-order valence-corrected chi connectivity index (χ0v) is 34.9. The van der Waals surface area contributed by atoms with Crippen molar-refractivity contribution in [2.24, 2.45) is 0 Å². The summed E-state index contributed by atoms with van der Waals surface area (Å²) in [6, 6.07) is 12.9. The fourth-order valence-electron chi connectivity index (χ4n) is 5.58. The summed E-state index contributed by atoms with van der Waals surface area (Å²) in [5.41, 5.74) is 2.81. The van der Waals surface area contributed by atoms with Gasteiger partial charge in [0.05, 0.1) is 26.4 Å². The van der Waals surface area contributed by atoms with Crippen molar-refractivity contribution in [2.45, 2.75) is 79.0 Å². The molecule has 16 heteroatoms. The summed E-state index contributed by atoms with van der Waals surface area (Å²) in [5, 5.41) is 5.86. The van der Waals surface area contributed by atoms with Crippen LogP contribution in [0, 0.1) is 0 Å². The van der Waals surface area contributed by atoms with Crippen molar-refractivity contribution in [1.82, 2.24) is 20.4 Å². The smallest absolute Gasteiger partial charge is 0.357 e. The van der Waals surface area contributed by atoms with Crippen LogP contribution in [0.25, 0.3) is 0 Å². The summed E-state index contributed by atoms with van der Waals surface area (Å²) in [6.45, 7) is 14.0. The Morgan fingerprint density at radius 3 is 1.04 bits per heavy atom. The van der Waals surface area contributed by atoms with E-state index in [0.717, 1.165) is 11.4 Å². The molecular formula is C36H62N6O8P2. The van der Waals surface area contributed by atoms with E-state index in [-0.39, 0.29) is 51.6 Å². The Morgan fingerprint density at radius 2 is 0.827 bits per heavy atom. The number of amides is 4. The predicted molar refractivity (Wildman–Crippen MR) is 209 cm³/mol. The van der Waals surface area contributed by atoms with Crippen molar-refractivity contribution in [2.75, 3.05) is 77.5 Å². The van der Waals surface area contributed by atoms with Crippen LogP contribution in [0.1, 0.15) is 78.1 Å². The highest BCUT2D eigenvalue weighted by Gasteiger charge is 2.47. The van der Waals surface area contributed by atoms with Crippen LogP contribution in [0.5, 0.6) is 0 Å². The maximum Gasteiger partial charge on any atom is 0.357 e. The molecule has 0 aliphatic heterocycles. The lowest BCUT2D eigenvalue weighted by Gasteiger charge is -2.40. The molecule has 0 aromatic heterocycles. The third-order valence-electron chi connectivity index (χ3n) is 7.77. The summed E-state index contributed by atoms with van der Waals surface area (Å²) in [4.78, 5) is 35.1. The Bertz CT molecular complexity index is 1360. The van der Waals surface area contributed by atoms with Gasteiger partial charge >= 0.3 is 27.3 Å². The SMILES string of the molecule is CCOP(=O)(OCC)C(c1ccc(N(C)C)cc1)N(CCN(C(=O)NC(C)C)C(c1ccc(N(C)C)cc1)P(=O)(OCC)OCC)C(=O)NC(C)C. The van der Waals surface area contributed by atoms with Crippen LogP contribution >= 0.6 is 15.2 Å². The number of nitrogens with zero attached hydrogens (tertiary/aromatic N) is 4. The molecule has 0 radical (unpaired) electrons. The van der Waals surface area contributed by atoms with Crippen molar-refractivity contribution in [1.29, 1.82) is 0 Å². The van der Waals surface area contributed by atoms with E-state index in [1.807, 2.05) is 90.0 Å². The van der Waals surface area contributed by atoms with Gasteiger partial charge in [-0.2, -0.15) is 0 Å². The molecule has 52 heavy (non-hydrogen) atoms. The number of anilines is 2. The summed E-state index contributed by atoms with van der Waals surface area (Å²) >= 11 is 0. The minimum absolute atomic E-state index is 0.0586. The van der Waals surface area contributed by atoms with Crippen LogP contribution in [-0.4, -0.2) is 102 Å². The van der Waals surface area contributed by atoms with E-state index in [2.05, 4.69) is 10.6 Å². The molecule has 0 spiro atoms. The average molecular weight is 769 g/mol. The Balaban J connectivity index is 2.90. The van der Waals surface area contributed by atoms with Gasteiger partial charge in [-0.15, -0.1) is 0 Å². The first-order valence-corrected chi connectivity index (χ1v) is 21.2. The lowest BCUT2D eigenvalue weighted by atomic mass is 10.1. The van der Waals surface area contributed by atoms with Gasteiger partial charge in [-0.25, -0.2) is 9.59 Å². The summed E-state index contributed by atoms with van der Waals surface area (Å²) in [5.74, 6) is -2.42. The van der Waals surface area contributed by atoms with Gasteiger partial charge in [-0.05, 0) is 90.8 Å². The van der Waals surface area contributed by atoms with E-state index >= 15 is 0 Å². The second-order valence-corrected chi connectivity index (χ2v) is 17.2. The molecule has 2 aromatic rings. The molecule has 0 bridgehead atoms. The number of urea groups is 2. The molecule has 4 amide bonds. The molecule has 0 aliphatic rings. The largest absolute Gasteiger partial charge is 0.378 e. The first-order valence-electron chi connectivity index (χ1n) is 17.9. The summed E-state index contributed by atoms with van der Waals surface area (Å²) in [7, 11) is -0.524. The maximum atomic E-state index is 14.8. The topological polar surface area (TPSA) is 142 Å². The number of nitrogens with one attached hydrogen (secondary N) is 2. The van der Waals surface area contributed by atoms with Gasteiger partial charge in [0.15, 0.2) is 11.6 Å². The fraction of sp³-hybridized carbons (Fsp3) is 0.611. The van der Waals surface area contributed by atoms with E-state index in [1.165, 1.54) is 9.80 Å². The molecule has 2 aromatic carbocycles. The number of benzene rings is 2. The lowest BCUT2D eigenvalue weighted by Crippen LogP contribution is -2.51. The first-order chi connectivity index (χ1) is 24.5. The minimum Gasteiger partial charge on any atom is -0.378 e. The van der Waals surface area contributed by atoms with Crippen molar-refractivity contribution in [3.8, 4) is 0 Å². The maximum absolute atomic E-state index is 14.8. The first kappa shape index (κ1) is 45.0. The quantitative estimate of drug-likeness (QED) is 0.120. The highest BCUT2D eigenvalue weighted by Crippen LogP contribution is 2.64. The Hall–Kier alpha value is -3.12. The molecular weight excluding hydrogens is 706 g/mol. The van der Waals surface area contributed by atoms with E-state index in [0.29, 0.717) is 11.1 Å². The number of rotatable bonds is 21. The molecule has 2 rings (SSSR count). The lowest BCUT2D eigenvalue weighted by molar-refractivity contribution is 0.135. The minimum atomic E-state index is -4.08. The van der Waals surface area contributed by atoms with Gasteiger partial charge < -0.3 is 48.3 Å². The highest BCUT2D eigenvalue weighted by atomic mass is 31.2. The normalized spacial score (nSPS) is 13.1. The van der Waals surface area contributed by atoms with Crippen LogP contribution in [0.4, 0.5) is 21.0 Å². The van der Waals surface area contributed by atoms with Gasteiger partial charge in [0, 0.05) is 64.7 Å². The molecule has 0 heterocycles. The van der Waals surface area contributed by atoms with E-state index < -0.39 is 38.8 Å². The molecule has 0 aliphatic carbocycles. The Kier molecular flexibility index (Phi) is 18.1. The second kappa shape index (κ2) is 20.9. The molecule has 2 atom stereocenters. The number of hydrogen-bond acceptors (Lipinski definition) is 10. The summed E-state index contributed by atoms with van der Waals surface area (Å²) in [6.07, 6.45) is 0. The van der Waals surface area contributed by atoms with Crippen LogP contribution in [0.15, 0.2) is 48.5 Å². The fourth-order valence-corrected chi connectivity index (χ4v) is 9.93. The number of carbonyl (C=O) groups is 2. The molecule has 294 valence electrons. The van der Waals surface area contributed by atoms with Crippen LogP contribution in [-0.2, 0) is 27.2 Å². The molecule has 0 saturated heterocycles. The van der Waals surface area contributed by atoms with Crippen molar-refractivity contribution in [3.05, 3.63) is 59.7 Å².